The van der Waals surface area contributed by atoms with Crippen molar-refractivity contribution in [3.63, 3.8) is 0 Å². The molecule has 0 fully saturated rings. The van der Waals surface area contributed by atoms with E-state index < -0.39 is 11.8 Å². The van der Waals surface area contributed by atoms with Crippen LogP contribution in [0.15, 0.2) is 78.9 Å². The molecule has 0 unspecified atom stereocenters. The van der Waals surface area contributed by atoms with Gasteiger partial charge in [-0.2, -0.15) is 0 Å². The van der Waals surface area contributed by atoms with Crippen LogP contribution in [0.3, 0.4) is 0 Å². The Morgan fingerprint density at radius 2 is 1.46 bits per heavy atom. The molecule has 0 aromatic heterocycles. The molecule has 3 aromatic rings. The molecule has 0 heterocycles. The highest BCUT2D eigenvalue weighted by molar-refractivity contribution is 6.44. The first kappa shape index (κ1) is 19.2. The summed E-state index contributed by atoms with van der Waals surface area (Å²) in [5.41, 5.74) is 4.18. The molecule has 0 aliphatic heterocycles. The monoisotopic (exact) mass is 373 g/mol. The van der Waals surface area contributed by atoms with Gasteiger partial charge in [0.25, 0.3) is 0 Å². The average Bonchev–Trinajstić information content (AvgIpc) is 2.71. The van der Waals surface area contributed by atoms with Crippen molar-refractivity contribution < 1.29 is 9.59 Å². The molecule has 3 aromatic carbocycles. The summed E-state index contributed by atoms with van der Waals surface area (Å²) in [5.74, 6) is -1.24. The second-order valence-corrected chi connectivity index (χ2v) is 6.41. The van der Waals surface area contributed by atoms with Gasteiger partial charge in [-0.15, -0.1) is 0 Å². The van der Waals surface area contributed by atoms with Crippen LogP contribution in [0.2, 0.25) is 0 Å². The number of carbonyl (C=O) groups is 2. The minimum atomic E-state index is -0.660. The van der Waals surface area contributed by atoms with Crippen LogP contribution in [0, 0.1) is 6.92 Å². The Hall–Kier alpha value is -3.60. The molecule has 142 valence electrons. The van der Waals surface area contributed by atoms with Crippen molar-refractivity contribution in [2.75, 3.05) is 22.1 Å². The highest BCUT2D eigenvalue weighted by Gasteiger charge is 2.22. The van der Waals surface area contributed by atoms with Crippen molar-refractivity contribution in [3.05, 3.63) is 84.4 Å². The molecule has 0 saturated heterocycles. The van der Waals surface area contributed by atoms with E-state index in [-0.39, 0.29) is 0 Å². The maximum atomic E-state index is 12.6. The van der Waals surface area contributed by atoms with Crippen LogP contribution in [0.5, 0.6) is 0 Å². The van der Waals surface area contributed by atoms with E-state index in [1.165, 1.54) is 4.90 Å². The van der Waals surface area contributed by atoms with Crippen LogP contribution < -0.4 is 15.5 Å². The summed E-state index contributed by atoms with van der Waals surface area (Å²) < 4.78 is 0. The molecule has 0 atom stereocenters. The van der Waals surface area contributed by atoms with Crippen LogP contribution in [0.25, 0.3) is 0 Å². The summed E-state index contributed by atoms with van der Waals surface area (Å²) >= 11 is 0. The number of aryl methyl sites for hydroxylation is 1. The quantitative estimate of drug-likeness (QED) is 0.636. The molecule has 0 bridgehead atoms. The molecule has 28 heavy (non-hydrogen) atoms. The third-order valence-electron chi connectivity index (χ3n) is 4.27. The number of rotatable bonds is 5. The molecular formula is C23H23N3O2. The van der Waals surface area contributed by atoms with Crippen LogP contribution in [0.1, 0.15) is 12.5 Å². The number of amides is 2. The van der Waals surface area contributed by atoms with Crippen molar-refractivity contribution in [2.45, 2.75) is 13.8 Å². The van der Waals surface area contributed by atoms with Gasteiger partial charge in [0.05, 0.1) is 0 Å². The van der Waals surface area contributed by atoms with Gasteiger partial charge in [0.15, 0.2) is 0 Å². The number of nitrogens with zero attached hydrogens (tertiary/aromatic N) is 1. The predicted octanol–water partition coefficient (Wildman–Crippen LogP) is 4.73. The number of likely N-dealkylation sites (N-methyl/N-ethyl adjacent to an activating group) is 1. The second-order valence-electron chi connectivity index (χ2n) is 6.41. The summed E-state index contributed by atoms with van der Waals surface area (Å²) in [6, 6.07) is 24.6. The highest BCUT2D eigenvalue weighted by atomic mass is 16.2. The van der Waals surface area contributed by atoms with Gasteiger partial charge in [0.2, 0.25) is 0 Å². The van der Waals surface area contributed by atoms with Gasteiger partial charge in [0.1, 0.15) is 0 Å². The van der Waals surface area contributed by atoms with E-state index in [4.69, 9.17) is 0 Å². The van der Waals surface area contributed by atoms with Gasteiger partial charge < -0.3 is 15.5 Å². The molecule has 2 N–H and O–H groups in total. The molecule has 5 heteroatoms. The lowest BCUT2D eigenvalue weighted by Gasteiger charge is -2.20. The lowest BCUT2D eigenvalue weighted by molar-refractivity contribution is -0.134. The molecule has 5 nitrogen and oxygen atoms in total. The Labute approximate surface area is 165 Å². The highest BCUT2D eigenvalue weighted by Crippen LogP contribution is 2.20. The van der Waals surface area contributed by atoms with Crippen LogP contribution in [-0.4, -0.2) is 18.4 Å². The fraction of sp³-hybridized carbons (Fsp3) is 0.130. The Morgan fingerprint density at radius 3 is 2.11 bits per heavy atom. The van der Waals surface area contributed by atoms with Gasteiger partial charge in [-0.3, -0.25) is 9.59 Å². The number of nitrogens with one attached hydrogen (secondary N) is 2. The first-order valence-corrected chi connectivity index (χ1v) is 9.18. The minimum Gasteiger partial charge on any atom is -0.356 e. The van der Waals surface area contributed by atoms with E-state index in [0.717, 1.165) is 16.9 Å². The average molecular weight is 373 g/mol. The van der Waals surface area contributed by atoms with Crippen molar-refractivity contribution in [1.82, 2.24) is 0 Å². The van der Waals surface area contributed by atoms with Crippen LogP contribution >= 0.6 is 0 Å². The summed E-state index contributed by atoms with van der Waals surface area (Å²) in [7, 11) is 0. The van der Waals surface area contributed by atoms with Crippen molar-refractivity contribution in [1.29, 1.82) is 0 Å². The van der Waals surface area contributed by atoms with E-state index in [0.29, 0.717) is 17.9 Å². The molecule has 0 aliphatic rings. The van der Waals surface area contributed by atoms with E-state index in [1.807, 2.05) is 80.6 Å². The molecule has 0 radical (unpaired) electrons. The number of carbonyl (C=O) groups excluding carboxylic acids is 2. The summed E-state index contributed by atoms with van der Waals surface area (Å²) in [6.07, 6.45) is 0. The Balaban J connectivity index is 1.65. The van der Waals surface area contributed by atoms with Gasteiger partial charge in [-0.1, -0.05) is 30.3 Å². The van der Waals surface area contributed by atoms with E-state index in [2.05, 4.69) is 10.6 Å². The summed E-state index contributed by atoms with van der Waals surface area (Å²) in [6.45, 7) is 4.21. The number of anilines is 4. The molecule has 0 aliphatic carbocycles. The largest absolute Gasteiger partial charge is 0.356 e. The fourth-order valence-corrected chi connectivity index (χ4v) is 2.87. The van der Waals surface area contributed by atoms with Gasteiger partial charge in [-0.05, 0) is 67.9 Å². The first-order chi connectivity index (χ1) is 13.6. The van der Waals surface area contributed by atoms with Crippen molar-refractivity contribution in [2.24, 2.45) is 0 Å². The smallest absolute Gasteiger partial charge is 0.316 e. The van der Waals surface area contributed by atoms with Crippen molar-refractivity contribution in [3.8, 4) is 0 Å². The number of benzene rings is 3. The minimum absolute atomic E-state index is 0.412. The lowest BCUT2D eigenvalue weighted by Crippen LogP contribution is -2.39. The number of hydrogen-bond donors (Lipinski definition) is 2. The van der Waals surface area contributed by atoms with E-state index >= 15 is 0 Å². The fourth-order valence-electron chi connectivity index (χ4n) is 2.87. The van der Waals surface area contributed by atoms with Gasteiger partial charge >= 0.3 is 11.8 Å². The zero-order valence-corrected chi connectivity index (χ0v) is 16.0. The van der Waals surface area contributed by atoms with E-state index in [9.17, 15) is 9.59 Å². The summed E-state index contributed by atoms with van der Waals surface area (Å²) in [5, 5.41) is 5.95. The molecule has 2 amide bonds. The topological polar surface area (TPSA) is 61.4 Å². The SMILES string of the molecule is CCN(C(=O)C(=O)Nc1ccc(Nc2ccccc2)cc1)c1cccc(C)c1. The van der Waals surface area contributed by atoms with Crippen LogP contribution in [-0.2, 0) is 9.59 Å². The van der Waals surface area contributed by atoms with Gasteiger partial charge in [-0.25, -0.2) is 0 Å². The molecule has 0 saturated carbocycles. The third-order valence-corrected chi connectivity index (χ3v) is 4.27. The number of para-hydroxylation sites is 1. The zero-order valence-electron chi connectivity index (χ0n) is 16.0. The molecule has 3 rings (SSSR count). The molecular weight excluding hydrogens is 350 g/mol. The standard InChI is InChI=1S/C23H23N3O2/c1-3-26(21-11-7-8-17(2)16-21)23(28)22(27)25-20-14-12-19(13-15-20)24-18-9-5-4-6-10-18/h4-16,24H,3H2,1-2H3,(H,25,27). The third kappa shape index (κ3) is 4.76. The Bertz CT molecular complexity index is 953. The Morgan fingerprint density at radius 1 is 0.821 bits per heavy atom. The number of hydrogen-bond acceptors (Lipinski definition) is 3. The van der Waals surface area contributed by atoms with Crippen LogP contribution in [0.4, 0.5) is 22.7 Å². The lowest BCUT2D eigenvalue weighted by atomic mass is 10.2. The summed E-state index contributed by atoms with van der Waals surface area (Å²) in [4.78, 5) is 26.5. The molecule has 0 spiro atoms. The normalized spacial score (nSPS) is 10.2. The Kier molecular flexibility index (Phi) is 6.07. The second kappa shape index (κ2) is 8.86. The predicted molar refractivity (Wildman–Crippen MR) is 114 cm³/mol. The maximum Gasteiger partial charge on any atom is 0.316 e. The van der Waals surface area contributed by atoms with E-state index in [1.54, 1.807) is 12.1 Å². The maximum absolute atomic E-state index is 12.6. The zero-order chi connectivity index (χ0) is 19.9. The first-order valence-electron chi connectivity index (χ1n) is 9.18. The van der Waals surface area contributed by atoms with Crippen molar-refractivity contribution >= 4 is 34.6 Å². The van der Waals surface area contributed by atoms with Gasteiger partial charge in [0, 0.05) is 29.3 Å².